The molecule has 0 bridgehead atoms. The fraction of sp³-hybridized carbons (Fsp3) is 0. The number of fused-ring (bicyclic) bond motifs is 6. The molecule has 0 amide bonds. The van der Waals surface area contributed by atoms with Gasteiger partial charge in [-0.05, 0) is 67.8 Å². The van der Waals surface area contributed by atoms with E-state index in [4.69, 9.17) is 0 Å². The Bertz CT molecular complexity index is 3490. The van der Waals surface area contributed by atoms with Crippen LogP contribution in [0, 0.1) is 0 Å². The molecule has 10 aromatic carbocycles. The summed E-state index contributed by atoms with van der Waals surface area (Å²) >= 11 is 0. The van der Waals surface area contributed by atoms with Gasteiger partial charge in [0.2, 0.25) is 0 Å². The summed E-state index contributed by atoms with van der Waals surface area (Å²) in [5, 5.41) is 10.4. The van der Waals surface area contributed by atoms with Gasteiger partial charge in [-0.25, -0.2) is 0 Å². The van der Waals surface area contributed by atoms with E-state index in [1.54, 1.807) is 0 Å². The van der Waals surface area contributed by atoms with Gasteiger partial charge in [0.1, 0.15) is 0 Å². The van der Waals surface area contributed by atoms with E-state index in [-0.39, 0.29) is 0 Å². The Morgan fingerprint density at radius 2 is 0.698 bits per heavy atom. The molecule has 2 heterocycles. The molecule has 0 saturated carbocycles. The summed E-state index contributed by atoms with van der Waals surface area (Å²) in [5.74, 6) is 0. The highest BCUT2D eigenvalue weighted by molar-refractivity contribution is 7.20. The number of nitrogens with zero attached hydrogens (tertiary/aromatic N) is 2. The summed E-state index contributed by atoms with van der Waals surface area (Å²) in [5.41, 5.74) is 11.8. The van der Waals surface area contributed by atoms with E-state index in [1.165, 1.54) is 86.6 Å². The Balaban J connectivity index is 1.16. The number of benzene rings is 10. The van der Waals surface area contributed by atoms with Crippen LogP contribution >= 0.6 is 0 Å². The second-order valence-electron chi connectivity index (χ2n) is 16.4. The molecule has 12 aromatic rings. The highest BCUT2D eigenvalue weighted by Gasteiger charge is 2.41. The van der Waals surface area contributed by atoms with Crippen LogP contribution in [0.3, 0.4) is 0 Å². The Labute approximate surface area is 368 Å². The minimum absolute atomic E-state index is 1.15. The van der Waals surface area contributed by atoms with Crippen LogP contribution < -0.4 is 20.7 Å². The first kappa shape index (κ1) is 36.8. The van der Waals surface area contributed by atoms with E-state index < -0.39 is 8.07 Å². The molecule has 296 valence electrons. The van der Waals surface area contributed by atoms with Gasteiger partial charge in [-0.2, -0.15) is 0 Å². The third-order valence-electron chi connectivity index (χ3n) is 13.1. The predicted molar refractivity (Wildman–Crippen MR) is 270 cm³/mol. The van der Waals surface area contributed by atoms with Crippen molar-refractivity contribution in [1.82, 2.24) is 9.13 Å². The molecule has 2 aromatic heterocycles. The van der Waals surface area contributed by atoms with Crippen molar-refractivity contribution in [2.45, 2.75) is 0 Å². The lowest BCUT2D eigenvalue weighted by molar-refractivity contribution is 1.13. The van der Waals surface area contributed by atoms with Crippen LogP contribution in [0.15, 0.2) is 255 Å². The standard InChI is InChI=1S/C60H42N2Si/c1-5-20-43(21-6-1)44-36-38-45(39-37-44)50-28-13-16-32-55(50)62-57-34-18-15-30-52(57)54-31-19-35-58(60(54)62)61-56-33-17-14-29-51(56)53-41-40-49(42-59(53)61)63(46-22-7-2-8-23-46,47-24-9-3-10-25-47)48-26-11-4-12-27-48/h1-42H. The van der Waals surface area contributed by atoms with Gasteiger partial charge in [0, 0.05) is 27.1 Å². The van der Waals surface area contributed by atoms with Crippen LogP contribution in [0.25, 0.3) is 77.2 Å². The monoisotopic (exact) mass is 818 g/mol. The summed E-state index contributed by atoms with van der Waals surface area (Å²) in [7, 11) is -2.82. The van der Waals surface area contributed by atoms with Crippen molar-refractivity contribution in [3.63, 3.8) is 0 Å². The van der Waals surface area contributed by atoms with E-state index in [2.05, 4.69) is 264 Å². The summed E-state index contributed by atoms with van der Waals surface area (Å²) in [6.45, 7) is 0. The lowest BCUT2D eigenvalue weighted by Gasteiger charge is -2.34. The summed E-state index contributed by atoms with van der Waals surface area (Å²) in [4.78, 5) is 0. The number of rotatable bonds is 8. The fourth-order valence-corrected chi connectivity index (χ4v) is 15.1. The zero-order valence-corrected chi connectivity index (χ0v) is 35.6. The van der Waals surface area contributed by atoms with E-state index >= 15 is 0 Å². The summed E-state index contributed by atoms with van der Waals surface area (Å²) in [6, 6.07) is 94.3. The van der Waals surface area contributed by atoms with Crippen molar-refractivity contribution in [2.24, 2.45) is 0 Å². The Morgan fingerprint density at radius 1 is 0.254 bits per heavy atom. The first-order chi connectivity index (χ1) is 31.3. The Hall–Kier alpha value is -7.98. The second-order valence-corrected chi connectivity index (χ2v) is 20.2. The van der Waals surface area contributed by atoms with Gasteiger partial charge in [0.25, 0.3) is 0 Å². The highest BCUT2D eigenvalue weighted by Crippen LogP contribution is 2.41. The molecule has 0 fully saturated rings. The molecule has 2 nitrogen and oxygen atoms in total. The van der Waals surface area contributed by atoms with Crippen LogP contribution in [-0.2, 0) is 0 Å². The highest BCUT2D eigenvalue weighted by atomic mass is 28.3. The molecule has 63 heavy (non-hydrogen) atoms. The molecule has 0 radical (unpaired) electrons. The third kappa shape index (κ3) is 5.85. The molecule has 12 rings (SSSR count). The molecule has 0 saturated heterocycles. The van der Waals surface area contributed by atoms with Crippen LogP contribution in [0.1, 0.15) is 0 Å². The average molecular weight is 819 g/mol. The molecule has 3 heteroatoms. The van der Waals surface area contributed by atoms with Gasteiger partial charge in [-0.3, -0.25) is 0 Å². The third-order valence-corrected chi connectivity index (χ3v) is 17.9. The first-order valence-corrected chi connectivity index (χ1v) is 23.8. The summed E-state index contributed by atoms with van der Waals surface area (Å²) < 4.78 is 5.06. The van der Waals surface area contributed by atoms with Gasteiger partial charge in [0.15, 0.2) is 8.07 Å². The van der Waals surface area contributed by atoms with Gasteiger partial charge < -0.3 is 9.13 Å². The largest absolute Gasteiger partial charge is 0.307 e. The lowest BCUT2D eigenvalue weighted by Crippen LogP contribution is -2.74. The molecule has 0 aliphatic rings. The minimum Gasteiger partial charge on any atom is -0.307 e. The molecule has 0 N–H and O–H groups in total. The van der Waals surface area contributed by atoms with Gasteiger partial charge in [-0.1, -0.05) is 224 Å². The van der Waals surface area contributed by atoms with Crippen molar-refractivity contribution in [3.05, 3.63) is 255 Å². The number of hydrogen-bond donors (Lipinski definition) is 0. The van der Waals surface area contributed by atoms with Crippen LogP contribution in [0.5, 0.6) is 0 Å². The number of hydrogen-bond acceptors (Lipinski definition) is 0. The Kier molecular flexibility index (Phi) is 8.87. The number of para-hydroxylation sites is 4. The maximum Gasteiger partial charge on any atom is 0.179 e. The molecule has 0 spiro atoms. The molecule has 0 aliphatic heterocycles. The minimum atomic E-state index is -2.82. The quantitative estimate of drug-likeness (QED) is 0.107. The molecule has 0 aliphatic carbocycles. The lowest BCUT2D eigenvalue weighted by atomic mass is 9.99. The van der Waals surface area contributed by atoms with Crippen LogP contribution in [-0.4, -0.2) is 17.2 Å². The summed E-state index contributed by atoms with van der Waals surface area (Å²) in [6.07, 6.45) is 0. The van der Waals surface area contributed by atoms with E-state index in [9.17, 15) is 0 Å². The zero-order valence-electron chi connectivity index (χ0n) is 34.6. The SMILES string of the molecule is c1ccc(-c2ccc(-c3ccccc3-n3c4ccccc4c4cccc(-n5c6ccccc6c6ccc([Si](c7ccccc7)(c7ccccc7)c7ccccc7)cc65)c43)cc2)cc1. The van der Waals surface area contributed by atoms with E-state index in [0.29, 0.717) is 0 Å². The Morgan fingerprint density at radius 3 is 1.33 bits per heavy atom. The fourth-order valence-electron chi connectivity index (χ4n) is 10.3. The van der Waals surface area contributed by atoms with Crippen molar-refractivity contribution >= 4 is 72.4 Å². The number of aromatic nitrogens is 2. The van der Waals surface area contributed by atoms with Crippen LogP contribution in [0.2, 0.25) is 0 Å². The predicted octanol–water partition coefficient (Wildman–Crippen LogP) is 12.6. The average Bonchev–Trinajstić information content (AvgIpc) is 3.88. The van der Waals surface area contributed by atoms with Gasteiger partial charge in [0.05, 0.1) is 33.4 Å². The normalized spacial score (nSPS) is 11.8. The van der Waals surface area contributed by atoms with Crippen molar-refractivity contribution in [3.8, 4) is 33.6 Å². The molecule has 0 atom stereocenters. The van der Waals surface area contributed by atoms with E-state index in [0.717, 1.165) is 11.4 Å². The van der Waals surface area contributed by atoms with Gasteiger partial charge >= 0.3 is 0 Å². The zero-order chi connectivity index (χ0) is 41.7. The van der Waals surface area contributed by atoms with Crippen LogP contribution in [0.4, 0.5) is 0 Å². The maximum absolute atomic E-state index is 2.82. The topological polar surface area (TPSA) is 9.86 Å². The van der Waals surface area contributed by atoms with Crippen molar-refractivity contribution in [1.29, 1.82) is 0 Å². The van der Waals surface area contributed by atoms with Crippen molar-refractivity contribution in [2.75, 3.05) is 0 Å². The van der Waals surface area contributed by atoms with E-state index in [1.807, 2.05) is 0 Å². The maximum atomic E-state index is 2.54. The molecular weight excluding hydrogens is 777 g/mol. The molecule has 0 unspecified atom stereocenters. The first-order valence-electron chi connectivity index (χ1n) is 21.8. The smallest absolute Gasteiger partial charge is 0.179 e. The second kappa shape index (κ2) is 15.2. The van der Waals surface area contributed by atoms with Gasteiger partial charge in [-0.15, -0.1) is 0 Å². The molecular formula is C60H42N2Si. The van der Waals surface area contributed by atoms with Crippen molar-refractivity contribution < 1.29 is 0 Å².